The number of nitrogen functional groups attached to an aromatic ring is 1. The summed E-state index contributed by atoms with van der Waals surface area (Å²) in [5.41, 5.74) is 7.42. The zero-order valence-corrected chi connectivity index (χ0v) is 15.6. The first-order valence-corrected chi connectivity index (χ1v) is 8.22. The Kier molecular flexibility index (Phi) is 5.74. The van der Waals surface area contributed by atoms with Gasteiger partial charge in [-0.1, -0.05) is 12.1 Å². The van der Waals surface area contributed by atoms with Crippen LogP contribution in [-0.2, 0) is 9.53 Å². The number of fused-ring (bicyclic) bond motifs is 1. The van der Waals surface area contributed by atoms with Gasteiger partial charge < -0.3 is 15.8 Å². The van der Waals surface area contributed by atoms with E-state index in [0.717, 1.165) is 4.47 Å². The van der Waals surface area contributed by atoms with Crippen LogP contribution in [0.3, 0.4) is 0 Å². The maximum Gasteiger partial charge on any atom is 0.339 e. The van der Waals surface area contributed by atoms with E-state index in [-0.39, 0.29) is 0 Å². The average molecular weight is 456 g/mol. The van der Waals surface area contributed by atoms with Gasteiger partial charge in [0.25, 0.3) is 11.7 Å². The summed E-state index contributed by atoms with van der Waals surface area (Å²) >= 11 is 6.45. The Hall–Kier alpha value is -2.19. The van der Waals surface area contributed by atoms with E-state index in [1.54, 1.807) is 36.4 Å². The number of ketones is 1. The molecule has 1 amide bonds. The van der Waals surface area contributed by atoms with Crippen molar-refractivity contribution in [1.82, 2.24) is 0 Å². The number of carbonyl (C=O) groups is 3. The molecule has 2 aromatic carbocycles. The molecule has 0 unspecified atom stereocenters. The van der Waals surface area contributed by atoms with E-state index in [1.165, 1.54) is 7.11 Å². The van der Waals surface area contributed by atoms with Crippen LogP contribution in [0.2, 0.25) is 0 Å². The number of para-hydroxylation sites is 2. The number of methoxy groups -OCH3 is 1. The fourth-order valence-electron chi connectivity index (χ4n) is 1.96. The molecule has 1 aliphatic rings. The second-order valence-electron chi connectivity index (χ2n) is 4.64. The van der Waals surface area contributed by atoms with Crippen molar-refractivity contribution in [2.45, 2.75) is 0 Å². The second-order valence-corrected chi connectivity index (χ2v) is 6.35. The molecule has 0 atom stereocenters. The lowest BCUT2D eigenvalue weighted by atomic mass is 10.1. The van der Waals surface area contributed by atoms with Crippen molar-refractivity contribution in [1.29, 1.82) is 0 Å². The molecule has 0 aromatic heterocycles. The van der Waals surface area contributed by atoms with Crippen LogP contribution in [0.5, 0.6) is 0 Å². The lowest BCUT2D eigenvalue weighted by Crippen LogP contribution is -2.12. The van der Waals surface area contributed by atoms with Gasteiger partial charge in [-0.25, -0.2) is 4.79 Å². The van der Waals surface area contributed by atoms with Crippen LogP contribution in [-0.4, -0.2) is 24.8 Å². The summed E-state index contributed by atoms with van der Waals surface area (Å²) in [6.45, 7) is 0. The number of hydrogen-bond donors (Lipinski definition) is 2. The first-order chi connectivity index (χ1) is 11.4. The Balaban J connectivity index is 0.000000174. The monoisotopic (exact) mass is 454 g/mol. The molecule has 1 aliphatic heterocycles. The number of amides is 1. The van der Waals surface area contributed by atoms with Gasteiger partial charge in [-0.15, -0.1) is 0 Å². The van der Waals surface area contributed by atoms with Crippen molar-refractivity contribution < 1.29 is 19.1 Å². The highest BCUT2D eigenvalue weighted by Gasteiger charge is 2.28. The Bertz CT molecular complexity index is 837. The standard InChI is InChI=1S/C8H4BrNO2.C8H8BrNO2/c9-5-3-1-2-4-6(5)10-8(12)7(4)11;1-12-8(11)5-3-2-4-6(9)7(5)10/h1-3H,(H,10,11,12);2-4H,10H2,1H3. The molecule has 124 valence electrons. The molecule has 3 N–H and O–H groups in total. The third-order valence-corrected chi connectivity index (χ3v) is 4.51. The zero-order chi connectivity index (χ0) is 17.9. The number of anilines is 2. The summed E-state index contributed by atoms with van der Waals surface area (Å²) in [6.07, 6.45) is 0. The number of ether oxygens (including phenoxy) is 1. The quantitative estimate of drug-likeness (QED) is 0.390. The minimum Gasteiger partial charge on any atom is -0.465 e. The molecule has 0 saturated heterocycles. The lowest BCUT2D eigenvalue weighted by molar-refractivity contribution is -0.112. The van der Waals surface area contributed by atoms with Crippen molar-refractivity contribution in [2.75, 3.05) is 18.2 Å². The smallest absolute Gasteiger partial charge is 0.339 e. The van der Waals surface area contributed by atoms with E-state index >= 15 is 0 Å². The molecule has 1 heterocycles. The van der Waals surface area contributed by atoms with Crippen molar-refractivity contribution in [3.05, 3.63) is 56.5 Å². The van der Waals surface area contributed by atoms with Gasteiger partial charge in [0.15, 0.2) is 0 Å². The van der Waals surface area contributed by atoms with Crippen molar-refractivity contribution >= 4 is 60.9 Å². The van der Waals surface area contributed by atoms with Crippen LogP contribution in [0.25, 0.3) is 0 Å². The summed E-state index contributed by atoms with van der Waals surface area (Å²) < 4.78 is 5.97. The second kappa shape index (κ2) is 7.59. The van der Waals surface area contributed by atoms with E-state index in [2.05, 4.69) is 41.9 Å². The van der Waals surface area contributed by atoms with Gasteiger partial charge in [0, 0.05) is 8.95 Å². The highest BCUT2D eigenvalue weighted by atomic mass is 79.9. The predicted octanol–water partition coefficient (Wildman–Crippen LogP) is 3.40. The minimum atomic E-state index is -0.558. The zero-order valence-electron chi connectivity index (χ0n) is 12.4. The first-order valence-electron chi connectivity index (χ1n) is 6.63. The van der Waals surface area contributed by atoms with Crippen LogP contribution in [0.1, 0.15) is 20.7 Å². The predicted molar refractivity (Wildman–Crippen MR) is 97.0 cm³/mol. The number of nitrogens with two attached hydrogens (primary N) is 1. The van der Waals surface area contributed by atoms with E-state index in [4.69, 9.17) is 5.73 Å². The third kappa shape index (κ3) is 3.65. The molecular weight excluding hydrogens is 444 g/mol. The van der Waals surface area contributed by atoms with Crippen LogP contribution < -0.4 is 11.1 Å². The number of hydrogen-bond acceptors (Lipinski definition) is 5. The van der Waals surface area contributed by atoms with Gasteiger partial charge in [-0.2, -0.15) is 0 Å². The Morgan fingerprint density at radius 1 is 1.08 bits per heavy atom. The molecule has 0 radical (unpaired) electrons. The molecule has 24 heavy (non-hydrogen) atoms. The fourth-order valence-corrected chi connectivity index (χ4v) is 2.79. The fraction of sp³-hybridized carbons (Fsp3) is 0.0625. The summed E-state index contributed by atoms with van der Waals surface area (Å²) in [5.74, 6) is -1.45. The number of nitrogens with one attached hydrogen (secondary N) is 1. The highest BCUT2D eigenvalue weighted by Crippen LogP contribution is 2.30. The number of benzene rings is 2. The van der Waals surface area contributed by atoms with Gasteiger partial charge >= 0.3 is 5.97 Å². The van der Waals surface area contributed by atoms with Crippen molar-refractivity contribution in [3.8, 4) is 0 Å². The first kappa shape index (κ1) is 18.2. The molecular formula is C16H12Br2N2O4. The summed E-state index contributed by atoms with van der Waals surface area (Å²) in [7, 11) is 1.32. The Labute approximate surface area is 154 Å². The van der Waals surface area contributed by atoms with Gasteiger partial charge in [-0.3, -0.25) is 9.59 Å². The van der Waals surface area contributed by atoms with Gasteiger partial charge in [-0.05, 0) is 56.1 Å². The van der Waals surface area contributed by atoms with Crippen molar-refractivity contribution in [2.24, 2.45) is 0 Å². The summed E-state index contributed by atoms with van der Waals surface area (Å²) in [5, 5.41) is 2.48. The van der Waals surface area contributed by atoms with Crippen LogP contribution >= 0.6 is 31.9 Å². The normalized spacial score (nSPS) is 12.0. The topological polar surface area (TPSA) is 98.5 Å². The number of rotatable bonds is 1. The molecule has 3 rings (SSSR count). The molecule has 2 aromatic rings. The summed E-state index contributed by atoms with van der Waals surface area (Å²) in [4.78, 5) is 33.1. The lowest BCUT2D eigenvalue weighted by Gasteiger charge is -2.03. The third-order valence-electron chi connectivity index (χ3n) is 3.16. The van der Waals surface area contributed by atoms with Crippen molar-refractivity contribution in [3.63, 3.8) is 0 Å². The van der Waals surface area contributed by atoms with Crippen LogP contribution in [0, 0.1) is 0 Å². The molecule has 0 aliphatic carbocycles. The number of esters is 1. The Morgan fingerprint density at radius 2 is 1.71 bits per heavy atom. The molecule has 6 nitrogen and oxygen atoms in total. The van der Waals surface area contributed by atoms with Gasteiger partial charge in [0.1, 0.15) is 0 Å². The number of Topliss-reactive ketones (excluding diaryl/α,β-unsaturated/α-hetero) is 1. The molecule has 0 fully saturated rings. The minimum absolute atomic E-state index is 0.381. The largest absolute Gasteiger partial charge is 0.465 e. The SMILES string of the molecule is COC(=O)c1cccc(Br)c1N.O=C1Nc2c(Br)cccc2C1=O. The number of halogens is 2. The molecule has 0 bridgehead atoms. The maximum atomic E-state index is 11.1. The van der Waals surface area contributed by atoms with Crippen LogP contribution in [0.4, 0.5) is 11.4 Å². The molecule has 8 heteroatoms. The number of carbonyl (C=O) groups excluding carboxylic acids is 3. The summed E-state index contributed by atoms with van der Waals surface area (Å²) in [6, 6.07) is 10.2. The Morgan fingerprint density at radius 3 is 2.33 bits per heavy atom. The van der Waals surface area contributed by atoms with Gasteiger partial charge in [0.05, 0.1) is 29.6 Å². The van der Waals surface area contributed by atoms with Gasteiger partial charge in [0.2, 0.25) is 0 Å². The van der Waals surface area contributed by atoms with E-state index in [9.17, 15) is 14.4 Å². The highest BCUT2D eigenvalue weighted by molar-refractivity contribution is 9.11. The van der Waals surface area contributed by atoms with E-state index < -0.39 is 17.7 Å². The van der Waals surface area contributed by atoms with Crippen LogP contribution in [0.15, 0.2) is 45.3 Å². The van der Waals surface area contributed by atoms with E-state index in [0.29, 0.717) is 27.0 Å². The van der Waals surface area contributed by atoms with E-state index in [1.807, 2.05) is 0 Å². The molecule has 0 spiro atoms. The average Bonchev–Trinajstić information content (AvgIpc) is 2.87. The maximum absolute atomic E-state index is 11.1. The molecule has 0 saturated carbocycles.